The summed E-state index contributed by atoms with van der Waals surface area (Å²) in [4.78, 5) is 22.9. The lowest BCUT2D eigenvalue weighted by Crippen LogP contribution is -2.21. The number of rotatable bonds is 3. The first kappa shape index (κ1) is 14.8. The molecule has 0 heterocycles. The second-order valence-corrected chi connectivity index (χ2v) is 4.46. The Balaban J connectivity index is 2.16. The minimum Gasteiger partial charge on any atom is -0.478 e. The average Bonchev–Trinajstić information content (AvgIpc) is 2.43. The second kappa shape index (κ2) is 6.23. The van der Waals surface area contributed by atoms with Crippen molar-refractivity contribution in [3.63, 3.8) is 0 Å². The van der Waals surface area contributed by atoms with Gasteiger partial charge in [-0.25, -0.2) is 14.0 Å². The number of halogens is 2. The molecule has 108 valence electrons. The molecule has 0 fully saturated rings. The van der Waals surface area contributed by atoms with Gasteiger partial charge in [-0.2, -0.15) is 0 Å². The number of para-hydroxylation sites is 1. The predicted molar refractivity (Wildman–Crippen MR) is 77.5 cm³/mol. The van der Waals surface area contributed by atoms with Gasteiger partial charge in [0.15, 0.2) is 0 Å². The second-order valence-electron chi connectivity index (χ2n) is 4.05. The van der Waals surface area contributed by atoms with E-state index in [2.05, 4.69) is 10.6 Å². The molecule has 0 aromatic heterocycles. The quantitative estimate of drug-likeness (QED) is 0.806. The zero-order chi connectivity index (χ0) is 15.4. The lowest BCUT2D eigenvalue weighted by molar-refractivity contribution is 0.0698. The molecule has 5 nitrogen and oxygen atoms in total. The van der Waals surface area contributed by atoms with E-state index in [1.165, 1.54) is 42.5 Å². The van der Waals surface area contributed by atoms with Crippen LogP contribution in [0.4, 0.5) is 20.6 Å². The van der Waals surface area contributed by atoms with Crippen LogP contribution < -0.4 is 10.6 Å². The molecule has 21 heavy (non-hydrogen) atoms. The molecular weight excluding hydrogens is 299 g/mol. The minimum absolute atomic E-state index is 0.00808. The number of carbonyl (C=O) groups is 2. The third-order valence-corrected chi connectivity index (χ3v) is 2.90. The summed E-state index contributed by atoms with van der Waals surface area (Å²) in [6.07, 6.45) is 0. The van der Waals surface area contributed by atoms with E-state index in [0.29, 0.717) is 5.69 Å². The van der Waals surface area contributed by atoms with Gasteiger partial charge in [0.05, 0.1) is 16.3 Å². The van der Waals surface area contributed by atoms with Crippen molar-refractivity contribution >= 4 is 35.0 Å². The topological polar surface area (TPSA) is 78.4 Å². The molecule has 2 rings (SSSR count). The standard InChI is InChI=1S/C14H10ClFN2O3/c15-11-3-1-2-10(13(19)20)12(11)18-14(21)17-9-6-4-8(16)5-7-9/h1-7H,(H,19,20)(H2,17,18,21). The number of amides is 2. The Bertz CT molecular complexity index is 689. The van der Waals surface area contributed by atoms with E-state index in [9.17, 15) is 14.0 Å². The van der Waals surface area contributed by atoms with Crippen molar-refractivity contribution in [1.82, 2.24) is 0 Å². The summed E-state index contributed by atoms with van der Waals surface area (Å²) in [5.74, 6) is -1.64. The Hall–Kier alpha value is -2.60. The van der Waals surface area contributed by atoms with Crippen molar-refractivity contribution in [2.45, 2.75) is 0 Å². The van der Waals surface area contributed by atoms with E-state index in [1.807, 2.05) is 0 Å². The Labute approximate surface area is 124 Å². The fraction of sp³-hybridized carbons (Fsp3) is 0. The number of carboxylic acids is 1. The minimum atomic E-state index is -1.21. The van der Waals surface area contributed by atoms with E-state index in [0.717, 1.165) is 0 Å². The number of nitrogens with one attached hydrogen (secondary N) is 2. The van der Waals surface area contributed by atoms with Crippen LogP contribution in [-0.4, -0.2) is 17.1 Å². The van der Waals surface area contributed by atoms with Crippen molar-refractivity contribution in [1.29, 1.82) is 0 Å². The van der Waals surface area contributed by atoms with Gasteiger partial charge in [-0.3, -0.25) is 0 Å². The van der Waals surface area contributed by atoms with Crippen LogP contribution in [0.1, 0.15) is 10.4 Å². The Morgan fingerprint density at radius 3 is 2.33 bits per heavy atom. The summed E-state index contributed by atoms with van der Waals surface area (Å²) in [6, 6.07) is 8.69. The van der Waals surface area contributed by atoms with Crippen LogP contribution in [0.3, 0.4) is 0 Å². The maximum Gasteiger partial charge on any atom is 0.337 e. The lowest BCUT2D eigenvalue weighted by atomic mass is 10.2. The number of urea groups is 1. The largest absolute Gasteiger partial charge is 0.478 e. The van der Waals surface area contributed by atoms with Crippen molar-refractivity contribution < 1.29 is 19.1 Å². The van der Waals surface area contributed by atoms with Crippen LogP contribution in [0.15, 0.2) is 42.5 Å². The van der Waals surface area contributed by atoms with E-state index >= 15 is 0 Å². The molecule has 0 atom stereocenters. The molecule has 0 aliphatic rings. The fourth-order valence-electron chi connectivity index (χ4n) is 1.64. The maximum atomic E-state index is 12.8. The highest BCUT2D eigenvalue weighted by Gasteiger charge is 2.15. The monoisotopic (exact) mass is 308 g/mol. The van der Waals surface area contributed by atoms with Gasteiger partial charge >= 0.3 is 12.0 Å². The normalized spacial score (nSPS) is 10.0. The number of aromatic carboxylic acids is 1. The molecule has 2 aromatic carbocycles. The lowest BCUT2D eigenvalue weighted by Gasteiger charge is -2.11. The smallest absolute Gasteiger partial charge is 0.337 e. The highest BCUT2D eigenvalue weighted by atomic mass is 35.5. The Kier molecular flexibility index (Phi) is 4.39. The van der Waals surface area contributed by atoms with Gasteiger partial charge in [0, 0.05) is 5.69 Å². The van der Waals surface area contributed by atoms with Crippen molar-refractivity contribution in [3.05, 3.63) is 58.9 Å². The van der Waals surface area contributed by atoms with Crippen molar-refractivity contribution in [2.24, 2.45) is 0 Å². The molecule has 0 aliphatic heterocycles. The number of hydrogen-bond acceptors (Lipinski definition) is 2. The summed E-state index contributed by atoms with van der Waals surface area (Å²) in [7, 11) is 0. The molecule has 3 N–H and O–H groups in total. The highest BCUT2D eigenvalue weighted by molar-refractivity contribution is 6.34. The number of benzene rings is 2. The SMILES string of the molecule is O=C(Nc1ccc(F)cc1)Nc1c(Cl)cccc1C(=O)O. The van der Waals surface area contributed by atoms with E-state index in [1.54, 1.807) is 0 Å². The van der Waals surface area contributed by atoms with Gasteiger partial charge in [-0.15, -0.1) is 0 Å². The number of hydrogen-bond donors (Lipinski definition) is 3. The molecular formula is C14H10ClFN2O3. The predicted octanol–water partition coefficient (Wildman–Crippen LogP) is 3.82. The summed E-state index contributed by atoms with van der Waals surface area (Å²) in [6.45, 7) is 0. The van der Waals surface area contributed by atoms with E-state index in [-0.39, 0.29) is 16.3 Å². The summed E-state index contributed by atoms with van der Waals surface area (Å²) < 4.78 is 12.8. The first-order valence-corrected chi connectivity index (χ1v) is 6.20. The number of carbonyl (C=O) groups excluding carboxylic acids is 1. The van der Waals surface area contributed by atoms with Crippen LogP contribution in [0.25, 0.3) is 0 Å². The summed E-state index contributed by atoms with van der Waals surface area (Å²) in [5, 5.41) is 14.0. The van der Waals surface area contributed by atoms with Gasteiger partial charge in [0.2, 0.25) is 0 Å². The van der Waals surface area contributed by atoms with Crippen LogP contribution in [0, 0.1) is 5.82 Å². The van der Waals surface area contributed by atoms with Crippen LogP contribution >= 0.6 is 11.6 Å². The zero-order valence-electron chi connectivity index (χ0n) is 10.6. The summed E-state index contributed by atoms with van der Waals surface area (Å²) in [5.41, 5.74) is 0.223. The van der Waals surface area contributed by atoms with Gasteiger partial charge in [-0.1, -0.05) is 17.7 Å². The van der Waals surface area contributed by atoms with E-state index in [4.69, 9.17) is 16.7 Å². The number of anilines is 2. The van der Waals surface area contributed by atoms with E-state index < -0.39 is 17.8 Å². The molecule has 0 radical (unpaired) electrons. The molecule has 0 saturated carbocycles. The van der Waals surface area contributed by atoms with Crippen molar-refractivity contribution in [3.8, 4) is 0 Å². The zero-order valence-corrected chi connectivity index (χ0v) is 11.3. The molecule has 7 heteroatoms. The average molecular weight is 309 g/mol. The van der Waals surface area contributed by atoms with Crippen LogP contribution in [0.5, 0.6) is 0 Å². The van der Waals surface area contributed by atoms with Crippen LogP contribution in [0.2, 0.25) is 5.02 Å². The first-order valence-electron chi connectivity index (χ1n) is 5.83. The molecule has 0 unspecified atom stereocenters. The van der Waals surface area contributed by atoms with Crippen LogP contribution in [-0.2, 0) is 0 Å². The highest BCUT2D eigenvalue weighted by Crippen LogP contribution is 2.26. The summed E-state index contributed by atoms with van der Waals surface area (Å²) >= 11 is 5.89. The van der Waals surface area contributed by atoms with Gasteiger partial charge in [0.25, 0.3) is 0 Å². The molecule has 0 bridgehead atoms. The third kappa shape index (κ3) is 3.70. The first-order chi connectivity index (χ1) is 9.97. The molecule has 0 saturated heterocycles. The van der Waals surface area contributed by atoms with Gasteiger partial charge in [0.1, 0.15) is 5.82 Å². The Morgan fingerprint density at radius 2 is 1.71 bits per heavy atom. The molecule has 0 spiro atoms. The molecule has 2 aromatic rings. The number of carboxylic acid groups (broad SMARTS) is 1. The Morgan fingerprint density at radius 1 is 1.05 bits per heavy atom. The molecule has 2 amide bonds. The molecule has 0 aliphatic carbocycles. The fourth-order valence-corrected chi connectivity index (χ4v) is 1.86. The van der Waals surface area contributed by atoms with Crippen molar-refractivity contribution in [2.75, 3.05) is 10.6 Å². The maximum absolute atomic E-state index is 12.8. The van der Waals surface area contributed by atoms with Gasteiger partial charge in [-0.05, 0) is 36.4 Å². The van der Waals surface area contributed by atoms with Gasteiger partial charge < -0.3 is 15.7 Å². The third-order valence-electron chi connectivity index (χ3n) is 2.58.